The molecule has 0 atom stereocenters. The predicted molar refractivity (Wildman–Crippen MR) is 23.9 cm³/mol. The van der Waals surface area contributed by atoms with E-state index in [0.29, 0.717) is 0 Å². The summed E-state index contributed by atoms with van der Waals surface area (Å²) in [6, 6.07) is 0. The van der Waals surface area contributed by atoms with Crippen LogP contribution in [0.2, 0.25) is 0 Å². The molecule has 0 saturated heterocycles. The largest absolute Gasteiger partial charge is 2.00 e. The van der Waals surface area contributed by atoms with E-state index in [1.165, 1.54) is 0 Å². The summed E-state index contributed by atoms with van der Waals surface area (Å²) in [5, 5.41) is 12.5. The zero-order valence-corrected chi connectivity index (χ0v) is 9.33. The molecule has 0 aliphatic carbocycles. The molecule has 0 amide bonds. The molecule has 8 heteroatoms. The zero-order chi connectivity index (χ0) is 6.00. The number of nitroso groups, excluding NO2 is 1. The molecule has 0 aromatic carbocycles. The Balaban J connectivity index is -0.00000000225. The maximum absolute atomic E-state index is 7.25. The first-order valence-electron chi connectivity index (χ1n) is 0.630. The molecule has 0 fully saturated rings. The molecular formula is C2H4FeKN3O3. The van der Waals surface area contributed by atoms with E-state index >= 15 is 0 Å². The molecule has 0 aliphatic rings. The van der Waals surface area contributed by atoms with Crippen molar-refractivity contribution in [2.75, 3.05) is 0 Å². The number of hydrogen-bond acceptors (Lipinski definition) is 3. The monoisotopic (exact) mass is 213 g/mol. The average molecular weight is 213 g/mol. The van der Waals surface area contributed by atoms with Crippen LogP contribution >= 0.6 is 0 Å². The Hall–Kier alpha value is 0.656. The molecule has 0 rings (SSSR count). The maximum Gasteiger partial charge on any atom is 2.00 e. The van der Waals surface area contributed by atoms with Crippen LogP contribution in [0.5, 0.6) is 0 Å². The van der Waals surface area contributed by atoms with E-state index in [4.69, 9.17) is 34.2 Å². The van der Waals surface area contributed by atoms with Crippen LogP contribution in [-0.4, -0.2) is 11.0 Å². The normalized spacial score (nSPS) is 0.800. The van der Waals surface area contributed by atoms with Gasteiger partial charge in [-0.3, -0.25) is 0 Å². The van der Waals surface area contributed by atoms with Crippen molar-refractivity contribution in [3.05, 3.63) is 23.6 Å². The quantitative estimate of drug-likeness (QED) is 0.296. The summed E-state index contributed by atoms with van der Waals surface area (Å²) >= 11 is 0. The fourth-order valence-corrected chi connectivity index (χ4v) is 0. The third kappa shape index (κ3) is 1180. The summed E-state index contributed by atoms with van der Waals surface area (Å²) in [6.45, 7) is 9.50. The standard InChI is InChI=1S/2CN.Fe.K.NO.2H2O/c2*1-2;;;1-2;;/h;;;;;2*1H2/q2*-1;+2;+1;-1;;. The van der Waals surface area contributed by atoms with Crippen LogP contribution in [0.4, 0.5) is 0 Å². The van der Waals surface area contributed by atoms with Crippen molar-refractivity contribution in [3.63, 3.8) is 0 Å². The molecule has 0 bridgehead atoms. The van der Waals surface area contributed by atoms with Crippen molar-refractivity contribution >= 4 is 0 Å². The smallest absolute Gasteiger partial charge is 0.577 e. The molecule has 0 aliphatic heterocycles. The van der Waals surface area contributed by atoms with Crippen LogP contribution in [0.3, 0.4) is 0 Å². The van der Waals surface area contributed by atoms with E-state index in [9.17, 15) is 0 Å². The minimum absolute atomic E-state index is 0. The van der Waals surface area contributed by atoms with Crippen LogP contribution in [0.25, 0.3) is 5.59 Å². The molecule has 10 heavy (non-hydrogen) atoms. The van der Waals surface area contributed by atoms with E-state index < -0.39 is 0 Å². The first-order chi connectivity index (χ1) is 3.00. The van der Waals surface area contributed by atoms with Crippen molar-refractivity contribution in [3.8, 4) is 0 Å². The zero-order valence-electron chi connectivity index (χ0n) is 5.10. The summed E-state index contributed by atoms with van der Waals surface area (Å²) in [6.07, 6.45) is 0. The van der Waals surface area contributed by atoms with E-state index in [1.54, 1.807) is 0 Å². The van der Waals surface area contributed by atoms with Gasteiger partial charge >= 0.3 is 68.5 Å². The Kier molecular flexibility index (Phi) is 12500. The van der Waals surface area contributed by atoms with Crippen molar-refractivity contribution in [2.45, 2.75) is 0 Å². The summed E-state index contributed by atoms with van der Waals surface area (Å²) in [7, 11) is 0. The number of hydrogen-bond donors (Lipinski definition) is 0. The minimum Gasteiger partial charge on any atom is -0.577 e. The van der Waals surface area contributed by atoms with E-state index in [-0.39, 0.29) is 79.4 Å². The third-order valence-corrected chi connectivity index (χ3v) is 0. The summed E-state index contributed by atoms with van der Waals surface area (Å²) in [4.78, 5) is 7.25. The summed E-state index contributed by atoms with van der Waals surface area (Å²) < 4.78 is 0. The molecule has 0 radical (unpaired) electrons. The van der Waals surface area contributed by atoms with Gasteiger partial charge in [0.25, 0.3) is 0 Å². The van der Waals surface area contributed by atoms with E-state index in [0.717, 1.165) is 0 Å². The topological polar surface area (TPSA) is 150 Å². The van der Waals surface area contributed by atoms with Gasteiger partial charge in [-0.1, -0.05) is 0 Å². The Morgan fingerprint density at radius 3 is 0.900 bits per heavy atom. The van der Waals surface area contributed by atoms with E-state index in [1.807, 2.05) is 0 Å². The fourth-order valence-electron chi connectivity index (χ4n) is 0. The van der Waals surface area contributed by atoms with Crippen LogP contribution in [0, 0.1) is 28.6 Å². The third-order valence-electron chi connectivity index (χ3n) is 0. The van der Waals surface area contributed by atoms with Crippen molar-refractivity contribution in [2.24, 2.45) is 0 Å². The Bertz CT molecular complexity index is 45.5. The van der Waals surface area contributed by atoms with Gasteiger partial charge in [0.05, 0.1) is 0 Å². The molecule has 0 saturated carbocycles. The average Bonchev–Trinajstić information content (AvgIpc) is 1.81. The predicted octanol–water partition coefficient (Wildman–Crippen LogP) is -4.13. The first-order valence-corrected chi connectivity index (χ1v) is 0.630. The number of rotatable bonds is 0. The van der Waals surface area contributed by atoms with Crippen LogP contribution in [0.1, 0.15) is 0 Å². The van der Waals surface area contributed by atoms with Gasteiger partial charge in [-0.05, 0) is 0 Å². The van der Waals surface area contributed by atoms with Crippen LogP contribution < -0.4 is 51.4 Å². The summed E-state index contributed by atoms with van der Waals surface area (Å²) in [5.41, 5.74) is 5.75. The second-order valence-electron chi connectivity index (χ2n) is 0. The molecular weight excluding hydrogens is 209 g/mol. The molecule has 0 heterocycles. The molecule has 4 N–H and O–H groups in total. The Morgan fingerprint density at radius 2 is 0.900 bits per heavy atom. The first kappa shape index (κ1) is 74.3. The molecule has 0 aromatic rings. The summed E-state index contributed by atoms with van der Waals surface area (Å²) in [5.74, 6) is 0. The molecule has 54 valence electrons. The van der Waals surface area contributed by atoms with Gasteiger partial charge in [0.15, 0.2) is 0 Å². The SMILES string of the molecule is O.O.[C-]#N.[C-]#N.[Fe+2].[K+].[N-]=O. The van der Waals surface area contributed by atoms with Gasteiger partial charge in [0.1, 0.15) is 0 Å². The fraction of sp³-hybridized carbons (Fsp3) is 0. The van der Waals surface area contributed by atoms with Gasteiger partial charge in [-0.2, -0.15) is 0 Å². The van der Waals surface area contributed by atoms with Gasteiger partial charge in [-0.25, -0.2) is 0 Å². The number of nitrogens with zero attached hydrogens (tertiary/aromatic N) is 3. The van der Waals surface area contributed by atoms with Crippen molar-refractivity contribution in [1.29, 1.82) is 10.5 Å². The van der Waals surface area contributed by atoms with Crippen LogP contribution in [-0.2, 0) is 17.1 Å². The van der Waals surface area contributed by atoms with Gasteiger partial charge in [0.2, 0.25) is 0 Å². The molecule has 0 spiro atoms. The van der Waals surface area contributed by atoms with Crippen molar-refractivity contribution < 1.29 is 79.4 Å². The molecule has 0 unspecified atom stereocenters. The van der Waals surface area contributed by atoms with Crippen LogP contribution in [0.15, 0.2) is 0 Å². The Morgan fingerprint density at radius 1 is 0.900 bits per heavy atom. The van der Waals surface area contributed by atoms with Gasteiger partial charge in [-0.15, -0.1) is 0 Å². The Labute approximate surface area is 112 Å². The maximum atomic E-state index is 7.25. The second kappa shape index (κ2) is 1680. The van der Waals surface area contributed by atoms with Gasteiger partial charge < -0.3 is 45.1 Å². The van der Waals surface area contributed by atoms with E-state index in [2.05, 4.69) is 0 Å². The molecule has 6 nitrogen and oxygen atoms in total. The molecule has 0 aromatic heterocycles. The van der Waals surface area contributed by atoms with Crippen molar-refractivity contribution in [1.82, 2.24) is 0 Å². The second-order valence-corrected chi connectivity index (χ2v) is 0. The van der Waals surface area contributed by atoms with Gasteiger partial charge in [0, 0.05) is 0 Å². The minimum atomic E-state index is 0.